The molecule has 1 fully saturated rings. The summed E-state index contributed by atoms with van der Waals surface area (Å²) in [6.45, 7) is 10.0. The predicted molar refractivity (Wildman–Crippen MR) is 104 cm³/mol. The number of benzene rings is 1. The van der Waals surface area contributed by atoms with Crippen LogP contribution in [0.25, 0.3) is 10.9 Å². The zero-order chi connectivity index (χ0) is 21.7. The average molecular weight is 403 g/mol. The van der Waals surface area contributed by atoms with E-state index in [1.165, 1.54) is 19.9 Å². The third-order valence-corrected chi connectivity index (χ3v) is 5.30. The number of amides is 2. The molecule has 1 aliphatic heterocycles. The minimum atomic E-state index is -0.821. The van der Waals surface area contributed by atoms with E-state index < -0.39 is 41.9 Å². The lowest BCUT2D eigenvalue weighted by molar-refractivity contribution is -0.128. The number of fused-ring (bicyclic) bond motifs is 1. The van der Waals surface area contributed by atoms with Crippen LogP contribution in [0, 0.1) is 5.82 Å². The fourth-order valence-electron chi connectivity index (χ4n) is 3.16. The van der Waals surface area contributed by atoms with E-state index in [1.54, 1.807) is 6.07 Å². The van der Waals surface area contributed by atoms with Gasteiger partial charge < -0.3 is 9.31 Å². The number of nitrogens with one attached hydrogen (secondary N) is 1. The Balaban J connectivity index is 2.08. The van der Waals surface area contributed by atoms with Crippen molar-refractivity contribution in [1.29, 1.82) is 0 Å². The smallest absolute Gasteiger partial charge is 0.399 e. The van der Waals surface area contributed by atoms with Crippen molar-refractivity contribution in [3.05, 3.63) is 23.6 Å². The molecule has 2 heterocycles. The Morgan fingerprint density at radius 3 is 2.24 bits per heavy atom. The fourth-order valence-corrected chi connectivity index (χ4v) is 3.16. The SMILES string of the molecule is CC(=O)NC(=O)Cc1nn(C(C)=O)c2cc(B3OC(C)(C)C(C)(C)O3)cc(F)c12. The Bertz CT molecular complexity index is 1010. The van der Waals surface area contributed by atoms with Crippen LogP contribution in [0.5, 0.6) is 0 Å². The highest BCUT2D eigenvalue weighted by atomic mass is 19.1. The van der Waals surface area contributed by atoms with Crippen molar-refractivity contribution in [1.82, 2.24) is 15.1 Å². The highest BCUT2D eigenvalue weighted by Gasteiger charge is 2.52. The van der Waals surface area contributed by atoms with Crippen LogP contribution in [0.15, 0.2) is 12.1 Å². The molecular weight excluding hydrogens is 380 g/mol. The molecule has 2 amide bonds. The van der Waals surface area contributed by atoms with Crippen molar-refractivity contribution in [2.75, 3.05) is 0 Å². The molecule has 0 unspecified atom stereocenters. The van der Waals surface area contributed by atoms with Crippen LogP contribution in [-0.4, -0.2) is 45.8 Å². The summed E-state index contributed by atoms with van der Waals surface area (Å²) in [5.74, 6) is -2.28. The lowest BCUT2D eigenvalue weighted by atomic mass is 9.78. The molecule has 0 saturated carbocycles. The highest BCUT2D eigenvalue weighted by molar-refractivity contribution is 6.62. The van der Waals surface area contributed by atoms with Gasteiger partial charge in [-0.15, -0.1) is 0 Å². The maximum absolute atomic E-state index is 15.1. The van der Waals surface area contributed by atoms with Crippen molar-refractivity contribution in [2.45, 2.75) is 59.2 Å². The summed E-state index contributed by atoms with van der Waals surface area (Å²) >= 11 is 0. The van der Waals surface area contributed by atoms with Crippen molar-refractivity contribution in [3.63, 3.8) is 0 Å². The molecule has 29 heavy (non-hydrogen) atoms. The first-order valence-electron chi connectivity index (χ1n) is 9.20. The summed E-state index contributed by atoms with van der Waals surface area (Å²) in [6, 6.07) is 2.82. The van der Waals surface area contributed by atoms with Gasteiger partial charge >= 0.3 is 7.12 Å². The molecule has 1 aliphatic rings. The summed E-state index contributed by atoms with van der Waals surface area (Å²) in [5, 5.41) is 6.25. The Hall–Kier alpha value is -2.59. The maximum Gasteiger partial charge on any atom is 0.495 e. The van der Waals surface area contributed by atoms with Crippen molar-refractivity contribution >= 4 is 41.2 Å². The van der Waals surface area contributed by atoms with E-state index in [0.29, 0.717) is 5.46 Å². The average Bonchev–Trinajstić information content (AvgIpc) is 3.01. The van der Waals surface area contributed by atoms with E-state index in [2.05, 4.69) is 10.4 Å². The molecular formula is C19H23BFN3O5. The summed E-state index contributed by atoms with van der Waals surface area (Å²) in [4.78, 5) is 35.1. The third-order valence-electron chi connectivity index (χ3n) is 5.30. The summed E-state index contributed by atoms with van der Waals surface area (Å²) in [5.41, 5.74) is -0.560. The zero-order valence-electron chi connectivity index (χ0n) is 17.3. The van der Waals surface area contributed by atoms with Crippen LogP contribution >= 0.6 is 0 Å². The molecule has 154 valence electrons. The third kappa shape index (κ3) is 3.82. The summed E-state index contributed by atoms with van der Waals surface area (Å²) in [7, 11) is -0.821. The second kappa shape index (κ2) is 7.03. The largest absolute Gasteiger partial charge is 0.495 e. The van der Waals surface area contributed by atoms with Gasteiger partial charge in [0.2, 0.25) is 17.7 Å². The molecule has 1 aromatic heterocycles. The number of carbonyl (C=O) groups is 3. The van der Waals surface area contributed by atoms with Crippen LogP contribution in [-0.2, 0) is 25.3 Å². The number of hydrogen-bond acceptors (Lipinski definition) is 6. The number of aromatic nitrogens is 2. The zero-order valence-corrected chi connectivity index (χ0v) is 17.3. The number of rotatable bonds is 3. The molecule has 8 nitrogen and oxygen atoms in total. The van der Waals surface area contributed by atoms with Crippen LogP contribution in [0.4, 0.5) is 4.39 Å². The Kier molecular flexibility index (Phi) is 5.12. The van der Waals surface area contributed by atoms with E-state index in [0.717, 1.165) is 4.68 Å². The lowest BCUT2D eigenvalue weighted by Crippen LogP contribution is -2.41. The van der Waals surface area contributed by atoms with Crippen LogP contribution in [0.3, 0.4) is 0 Å². The molecule has 0 atom stereocenters. The molecule has 0 aliphatic carbocycles. The van der Waals surface area contributed by atoms with E-state index >= 15 is 4.39 Å². The van der Waals surface area contributed by atoms with Gasteiger partial charge in [-0.25, -0.2) is 4.39 Å². The van der Waals surface area contributed by atoms with Gasteiger partial charge in [0.05, 0.1) is 34.2 Å². The monoisotopic (exact) mass is 403 g/mol. The van der Waals surface area contributed by atoms with Gasteiger partial charge in [-0.3, -0.25) is 19.7 Å². The van der Waals surface area contributed by atoms with Crippen LogP contribution in [0.2, 0.25) is 0 Å². The van der Waals surface area contributed by atoms with E-state index in [9.17, 15) is 14.4 Å². The van der Waals surface area contributed by atoms with Gasteiger partial charge in [0.15, 0.2) is 0 Å². The Morgan fingerprint density at radius 2 is 1.72 bits per heavy atom. The second-order valence-corrected chi connectivity index (χ2v) is 8.14. The van der Waals surface area contributed by atoms with Crippen molar-refractivity contribution < 1.29 is 28.1 Å². The highest BCUT2D eigenvalue weighted by Crippen LogP contribution is 2.37. The fraction of sp³-hybridized carbons (Fsp3) is 0.474. The number of halogens is 1. The minimum absolute atomic E-state index is 0.0409. The molecule has 0 bridgehead atoms. The van der Waals surface area contributed by atoms with Gasteiger partial charge in [0.1, 0.15) is 5.82 Å². The number of imide groups is 1. The first kappa shape index (κ1) is 21.1. The summed E-state index contributed by atoms with van der Waals surface area (Å²) < 4.78 is 28.0. The van der Waals surface area contributed by atoms with E-state index in [1.807, 2.05) is 27.7 Å². The molecule has 3 rings (SSSR count). The Morgan fingerprint density at radius 1 is 1.14 bits per heavy atom. The van der Waals surface area contributed by atoms with Crippen molar-refractivity contribution in [2.24, 2.45) is 0 Å². The van der Waals surface area contributed by atoms with E-state index in [4.69, 9.17) is 9.31 Å². The molecule has 0 spiro atoms. The quantitative estimate of drug-likeness (QED) is 0.777. The molecule has 1 saturated heterocycles. The molecule has 1 aromatic carbocycles. The number of hydrogen-bond donors (Lipinski definition) is 1. The van der Waals surface area contributed by atoms with Gasteiger partial charge in [0, 0.05) is 13.8 Å². The van der Waals surface area contributed by atoms with Gasteiger partial charge in [-0.05, 0) is 45.3 Å². The minimum Gasteiger partial charge on any atom is -0.399 e. The molecule has 10 heteroatoms. The first-order chi connectivity index (χ1) is 13.3. The topological polar surface area (TPSA) is 99.5 Å². The standard InChI is InChI=1S/C19H23BFN3O5/c1-10(25)22-16(27)9-14-17-13(21)7-12(8-15(17)24(23-14)11(2)26)20-28-18(3,4)19(5,6)29-20/h7-8H,9H2,1-6H3,(H,22,25,27). The van der Waals surface area contributed by atoms with Gasteiger partial charge in [-0.1, -0.05) is 0 Å². The van der Waals surface area contributed by atoms with E-state index in [-0.39, 0.29) is 23.0 Å². The predicted octanol–water partition coefficient (Wildman–Crippen LogP) is 1.34. The normalized spacial score (nSPS) is 17.6. The van der Waals surface area contributed by atoms with Gasteiger partial charge in [0.25, 0.3) is 0 Å². The molecule has 1 N–H and O–H groups in total. The molecule has 0 radical (unpaired) electrons. The summed E-state index contributed by atoms with van der Waals surface area (Å²) in [6.07, 6.45) is -0.344. The van der Waals surface area contributed by atoms with Gasteiger partial charge in [-0.2, -0.15) is 9.78 Å². The molecule has 2 aromatic rings. The van der Waals surface area contributed by atoms with Crippen molar-refractivity contribution in [3.8, 4) is 0 Å². The van der Waals surface area contributed by atoms with Crippen LogP contribution < -0.4 is 10.8 Å². The Labute approximate surface area is 167 Å². The van der Waals surface area contributed by atoms with Crippen LogP contribution in [0.1, 0.15) is 52.0 Å². The number of nitrogens with zero attached hydrogens (tertiary/aromatic N) is 2. The number of carbonyl (C=O) groups excluding carboxylic acids is 3. The second-order valence-electron chi connectivity index (χ2n) is 8.14. The maximum atomic E-state index is 15.1. The lowest BCUT2D eigenvalue weighted by Gasteiger charge is -2.32. The first-order valence-corrected chi connectivity index (χ1v) is 9.20.